The van der Waals surface area contributed by atoms with Gasteiger partial charge in [0, 0.05) is 29.6 Å². The summed E-state index contributed by atoms with van der Waals surface area (Å²) in [6.45, 7) is 7.74. The standard InChI is InChI=1S/C14H21N5OS/c1-4-14(5-2)10-18(8-9-21(14)20)13-7-6-12-16-15-11(3)19(12)17-13/h6-7H,4-5,8-10H2,1-3H3. The Labute approximate surface area is 127 Å². The van der Waals surface area contributed by atoms with Crippen LogP contribution in [0.25, 0.3) is 5.65 Å². The van der Waals surface area contributed by atoms with Gasteiger partial charge in [-0.15, -0.1) is 15.3 Å². The summed E-state index contributed by atoms with van der Waals surface area (Å²) in [7, 11) is -0.756. The van der Waals surface area contributed by atoms with Gasteiger partial charge in [-0.2, -0.15) is 4.52 Å². The average Bonchev–Trinajstić information content (AvgIpc) is 2.89. The molecule has 6 nitrogen and oxygen atoms in total. The van der Waals surface area contributed by atoms with Crippen molar-refractivity contribution in [2.45, 2.75) is 38.4 Å². The number of nitrogens with zero attached hydrogens (tertiary/aromatic N) is 5. The molecule has 0 radical (unpaired) electrons. The van der Waals surface area contributed by atoms with E-state index in [-0.39, 0.29) is 4.75 Å². The first kappa shape index (κ1) is 14.4. The van der Waals surface area contributed by atoms with Crippen molar-refractivity contribution in [2.75, 3.05) is 23.7 Å². The molecule has 2 aromatic rings. The van der Waals surface area contributed by atoms with Crippen molar-refractivity contribution in [3.05, 3.63) is 18.0 Å². The van der Waals surface area contributed by atoms with Crippen molar-refractivity contribution in [3.8, 4) is 0 Å². The normalized spacial score (nSPS) is 21.9. The predicted molar refractivity (Wildman–Crippen MR) is 84.1 cm³/mol. The summed E-state index contributed by atoms with van der Waals surface area (Å²) in [6, 6.07) is 3.92. The summed E-state index contributed by atoms with van der Waals surface area (Å²) in [5.41, 5.74) is 0.758. The maximum atomic E-state index is 12.4. The summed E-state index contributed by atoms with van der Waals surface area (Å²) >= 11 is 0. The van der Waals surface area contributed by atoms with Gasteiger partial charge < -0.3 is 4.90 Å². The zero-order valence-corrected chi connectivity index (χ0v) is 13.6. The summed E-state index contributed by atoms with van der Waals surface area (Å²) in [5, 5.41) is 12.7. The topological polar surface area (TPSA) is 63.4 Å². The second-order valence-corrected chi connectivity index (χ2v) is 7.54. The van der Waals surface area contributed by atoms with E-state index in [1.165, 1.54) is 0 Å². The van der Waals surface area contributed by atoms with Crippen LogP contribution in [0.2, 0.25) is 0 Å². The molecule has 2 aromatic heterocycles. The Morgan fingerprint density at radius 2 is 2.05 bits per heavy atom. The summed E-state index contributed by atoms with van der Waals surface area (Å²) in [4.78, 5) is 2.24. The van der Waals surface area contributed by atoms with Crippen LogP contribution in [0.3, 0.4) is 0 Å². The van der Waals surface area contributed by atoms with Crippen LogP contribution in [-0.4, -0.2) is 47.6 Å². The zero-order chi connectivity index (χ0) is 15.0. The van der Waals surface area contributed by atoms with E-state index in [2.05, 4.69) is 34.0 Å². The van der Waals surface area contributed by atoms with Crippen LogP contribution in [0.1, 0.15) is 32.5 Å². The molecule has 0 spiro atoms. The minimum absolute atomic E-state index is 0.114. The van der Waals surface area contributed by atoms with E-state index in [1.54, 1.807) is 4.52 Å². The second kappa shape index (κ2) is 5.36. The van der Waals surface area contributed by atoms with E-state index in [1.807, 2.05) is 19.1 Å². The fourth-order valence-electron chi connectivity index (χ4n) is 2.95. The molecular weight excluding hydrogens is 286 g/mol. The molecule has 1 atom stereocenters. The molecule has 7 heteroatoms. The molecular formula is C14H21N5OS. The Morgan fingerprint density at radius 3 is 2.76 bits per heavy atom. The van der Waals surface area contributed by atoms with E-state index in [0.29, 0.717) is 5.75 Å². The summed E-state index contributed by atoms with van der Waals surface area (Å²) in [6.07, 6.45) is 1.86. The number of aromatic nitrogens is 4. The van der Waals surface area contributed by atoms with E-state index < -0.39 is 10.8 Å². The third-order valence-electron chi connectivity index (χ3n) is 4.53. The third-order valence-corrected chi connectivity index (χ3v) is 6.75. The summed E-state index contributed by atoms with van der Waals surface area (Å²) in [5.74, 6) is 2.40. The molecule has 0 aromatic carbocycles. The van der Waals surface area contributed by atoms with Gasteiger partial charge in [-0.3, -0.25) is 4.21 Å². The number of anilines is 1. The molecule has 3 heterocycles. The Morgan fingerprint density at radius 1 is 1.29 bits per heavy atom. The number of hydrogen-bond donors (Lipinski definition) is 0. The molecule has 0 amide bonds. The van der Waals surface area contributed by atoms with Crippen LogP contribution in [0, 0.1) is 6.92 Å². The van der Waals surface area contributed by atoms with Crippen LogP contribution in [0.15, 0.2) is 12.1 Å². The Kier molecular flexibility index (Phi) is 3.69. The highest BCUT2D eigenvalue weighted by atomic mass is 32.2. The van der Waals surface area contributed by atoms with Gasteiger partial charge in [0.25, 0.3) is 0 Å². The molecule has 114 valence electrons. The van der Waals surface area contributed by atoms with Crippen molar-refractivity contribution >= 4 is 22.3 Å². The molecule has 1 saturated heterocycles. The fraction of sp³-hybridized carbons (Fsp3) is 0.643. The minimum Gasteiger partial charge on any atom is -0.353 e. The molecule has 3 rings (SSSR count). The lowest BCUT2D eigenvalue weighted by Crippen LogP contribution is -2.53. The Bertz CT molecular complexity index is 679. The van der Waals surface area contributed by atoms with E-state index in [4.69, 9.17) is 0 Å². The van der Waals surface area contributed by atoms with Crippen molar-refractivity contribution in [2.24, 2.45) is 0 Å². The van der Waals surface area contributed by atoms with Gasteiger partial charge in [0.05, 0.1) is 4.75 Å². The predicted octanol–water partition coefficient (Wildman–Crippen LogP) is 1.56. The zero-order valence-electron chi connectivity index (χ0n) is 12.7. The smallest absolute Gasteiger partial charge is 0.178 e. The number of fused-ring (bicyclic) bond motifs is 1. The first-order valence-electron chi connectivity index (χ1n) is 7.42. The highest BCUT2D eigenvalue weighted by molar-refractivity contribution is 7.86. The van der Waals surface area contributed by atoms with E-state index in [0.717, 1.165) is 43.2 Å². The van der Waals surface area contributed by atoms with E-state index in [9.17, 15) is 4.21 Å². The van der Waals surface area contributed by atoms with Gasteiger partial charge in [0.15, 0.2) is 11.5 Å². The Balaban J connectivity index is 1.95. The highest BCUT2D eigenvalue weighted by Crippen LogP contribution is 2.30. The lowest BCUT2D eigenvalue weighted by atomic mass is 10.0. The number of aryl methyl sites for hydroxylation is 1. The van der Waals surface area contributed by atoms with Crippen molar-refractivity contribution in [3.63, 3.8) is 0 Å². The number of rotatable bonds is 3. The molecule has 0 N–H and O–H groups in total. The molecule has 0 saturated carbocycles. The van der Waals surface area contributed by atoms with Gasteiger partial charge in [-0.1, -0.05) is 13.8 Å². The molecule has 1 aliphatic heterocycles. The van der Waals surface area contributed by atoms with Crippen molar-refractivity contribution < 1.29 is 4.21 Å². The van der Waals surface area contributed by atoms with Gasteiger partial charge in [-0.05, 0) is 31.9 Å². The molecule has 21 heavy (non-hydrogen) atoms. The van der Waals surface area contributed by atoms with Crippen LogP contribution >= 0.6 is 0 Å². The van der Waals surface area contributed by atoms with E-state index >= 15 is 0 Å². The van der Waals surface area contributed by atoms with Gasteiger partial charge >= 0.3 is 0 Å². The third kappa shape index (κ3) is 2.33. The van der Waals surface area contributed by atoms with Crippen LogP contribution in [-0.2, 0) is 10.8 Å². The van der Waals surface area contributed by atoms with Gasteiger partial charge in [-0.25, -0.2) is 0 Å². The maximum absolute atomic E-state index is 12.4. The lowest BCUT2D eigenvalue weighted by Gasteiger charge is -2.41. The SMILES string of the molecule is CCC1(CC)CN(c2ccc3nnc(C)n3n2)CCS1=O. The summed E-state index contributed by atoms with van der Waals surface area (Å²) < 4.78 is 14.1. The largest absolute Gasteiger partial charge is 0.353 e. The molecule has 0 aliphatic carbocycles. The molecule has 1 unspecified atom stereocenters. The quantitative estimate of drug-likeness (QED) is 0.861. The first-order valence-corrected chi connectivity index (χ1v) is 8.74. The lowest BCUT2D eigenvalue weighted by molar-refractivity contribution is 0.493. The van der Waals surface area contributed by atoms with Crippen molar-refractivity contribution in [1.29, 1.82) is 0 Å². The fourth-order valence-corrected chi connectivity index (χ4v) is 4.72. The van der Waals surface area contributed by atoms with Crippen LogP contribution < -0.4 is 4.90 Å². The van der Waals surface area contributed by atoms with Crippen LogP contribution in [0.4, 0.5) is 5.82 Å². The molecule has 1 aliphatic rings. The first-order chi connectivity index (χ1) is 10.1. The molecule has 1 fully saturated rings. The maximum Gasteiger partial charge on any atom is 0.178 e. The highest BCUT2D eigenvalue weighted by Gasteiger charge is 2.39. The van der Waals surface area contributed by atoms with Gasteiger partial charge in [0.1, 0.15) is 5.82 Å². The second-order valence-electron chi connectivity index (χ2n) is 5.57. The minimum atomic E-state index is -0.756. The monoisotopic (exact) mass is 307 g/mol. The van der Waals surface area contributed by atoms with Gasteiger partial charge in [0.2, 0.25) is 0 Å². The average molecular weight is 307 g/mol. The Hall–Kier alpha value is -1.50. The van der Waals surface area contributed by atoms with Crippen molar-refractivity contribution in [1.82, 2.24) is 19.8 Å². The molecule has 0 bridgehead atoms. The number of hydrogen-bond acceptors (Lipinski definition) is 5. The van der Waals surface area contributed by atoms with Crippen LogP contribution in [0.5, 0.6) is 0 Å².